The molecule has 0 radical (unpaired) electrons. The van der Waals surface area contributed by atoms with Gasteiger partial charge in [-0.2, -0.15) is 0 Å². The summed E-state index contributed by atoms with van der Waals surface area (Å²) in [5, 5.41) is 9.24. The van der Waals surface area contributed by atoms with Crippen molar-refractivity contribution in [1.82, 2.24) is 0 Å². The molecule has 0 amide bonds. The zero-order chi connectivity index (χ0) is 11.9. The van der Waals surface area contributed by atoms with Gasteiger partial charge in [-0.25, -0.2) is 0 Å². The van der Waals surface area contributed by atoms with Gasteiger partial charge in [0.2, 0.25) is 0 Å². The van der Waals surface area contributed by atoms with Crippen molar-refractivity contribution < 1.29 is 14.6 Å². The predicted molar refractivity (Wildman–Crippen MR) is 65.6 cm³/mol. The van der Waals surface area contributed by atoms with Crippen LogP contribution in [0.25, 0.3) is 0 Å². The van der Waals surface area contributed by atoms with E-state index in [0.29, 0.717) is 19.3 Å². The summed E-state index contributed by atoms with van der Waals surface area (Å²) in [6, 6.07) is 10.1. The summed E-state index contributed by atoms with van der Waals surface area (Å²) >= 11 is 0. The van der Waals surface area contributed by atoms with Gasteiger partial charge in [0, 0.05) is 12.5 Å². The standard InChI is InChI=1S/C14H20O3/c15-8-13(6-7-14-11-17-14)10-16-9-12-4-2-1-3-5-12/h1-5,13-15H,6-11H2/t13-,14+/m0/s1. The lowest BCUT2D eigenvalue weighted by Crippen LogP contribution is -2.14. The molecule has 2 atom stereocenters. The number of aliphatic hydroxyl groups is 1. The first-order valence-electron chi connectivity index (χ1n) is 6.22. The van der Waals surface area contributed by atoms with E-state index in [0.717, 1.165) is 19.4 Å². The summed E-state index contributed by atoms with van der Waals surface area (Å²) in [6.07, 6.45) is 2.47. The summed E-state index contributed by atoms with van der Waals surface area (Å²) in [5.41, 5.74) is 1.18. The Balaban J connectivity index is 1.61. The Morgan fingerprint density at radius 3 is 2.76 bits per heavy atom. The van der Waals surface area contributed by atoms with Crippen molar-refractivity contribution in [2.45, 2.75) is 25.6 Å². The molecule has 1 saturated heterocycles. The van der Waals surface area contributed by atoms with Crippen LogP contribution in [0, 0.1) is 5.92 Å². The molecule has 0 saturated carbocycles. The molecule has 1 aliphatic rings. The van der Waals surface area contributed by atoms with Gasteiger partial charge in [0.15, 0.2) is 0 Å². The molecule has 0 aliphatic carbocycles. The van der Waals surface area contributed by atoms with E-state index in [4.69, 9.17) is 9.47 Å². The summed E-state index contributed by atoms with van der Waals surface area (Å²) in [4.78, 5) is 0. The van der Waals surface area contributed by atoms with Crippen LogP contribution < -0.4 is 0 Å². The molecule has 3 nitrogen and oxygen atoms in total. The van der Waals surface area contributed by atoms with E-state index in [1.807, 2.05) is 30.3 Å². The number of benzene rings is 1. The van der Waals surface area contributed by atoms with Crippen LogP contribution in [0.15, 0.2) is 30.3 Å². The van der Waals surface area contributed by atoms with E-state index in [2.05, 4.69) is 0 Å². The number of hydrogen-bond donors (Lipinski definition) is 1. The average molecular weight is 236 g/mol. The smallest absolute Gasteiger partial charge is 0.0810 e. The summed E-state index contributed by atoms with van der Waals surface area (Å²) < 4.78 is 10.8. The van der Waals surface area contributed by atoms with Crippen LogP contribution in [0.4, 0.5) is 0 Å². The highest BCUT2D eigenvalue weighted by Gasteiger charge is 2.23. The first kappa shape index (κ1) is 12.6. The fraction of sp³-hybridized carbons (Fsp3) is 0.571. The highest BCUT2D eigenvalue weighted by atomic mass is 16.6. The Hall–Kier alpha value is -0.900. The van der Waals surface area contributed by atoms with Gasteiger partial charge in [0.25, 0.3) is 0 Å². The molecule has 17 heavy (non-hydrogen) atoms. The van der Waals surface area contributed by atoms with Crippen LogP contribution in [0.5, 0.6) is 0 Å². The molecule has 1 heterocycles. The number of hydrogen-bond acceptors (Lipinski definition) is 3. The van der Waals surface area contributed by atoms with Crippen LogP contribution in [0.3, 0.4) is 0 Å². The van der Waals surface area contributed by atoms with E-state index in [-0.39, 0.29) is 12.5 Å². The van der Waals surface area contributed by atoms with Crippen LogP contribution in [-0.4, -0.2) is 31.0 Å². The lowest BCUT2D eigenvalue weighted by atomic mass is 10.0. The molecule has 3 heteroatoms. The van der Waals surface area contributed by atoms with Crippen molar-refractivity contribution in [3.8, 4) is 0 Å². The maximum atomic E-state index is 9.24. The van der Waals surface area contributed by atoms with Gasteiger partial charge in [0.05, 0.1) is 25.9 Å². The topological polar surface area (TPSA) is 42.0 Å². The zero-order valence-corrected chi connectivity index (χ0v) is 10.0. The molecule has 1 aliphatic heterocycles. The Kier molecular flexibility index (Phi) is 4.98. The minimum absolute atomic E-state index is 0.196. The maximum Gasteiger partial charge on any atom is 0.0810 e. The largest absolute Gasteiger partial charge is 0.396 e. The third-order valence-corrected chi connectivity index (χ3v) is 3.02. The third-order valence-electron chi connectivity index (χ3n) is 3.02. The SMILES string of the molecule is OC[C@H](CC[C@@H]1CO1)COCc1ccccc1. The Morgan fingerprint density at radius 1 is 1.35 bits per heavy atom. The number of ether oxygens (including phenoxy) is 2. The lowest BCUT2D eigenvalue weighted by molar-refractivity contribution is 0.0580. The van der Waals surface area contributed by atoms with Crippen molar-refractivity contribution in [3.05, 3.63) is 35.9 Å². The highest BCUT2D eigenvalue weighted by molar-refractivity contribution is 5.13. The quantitative estimate of drug-likeness (QED) is 0.702. The maximum absolute atomic E-state index is 9.24. The Morgan fingerprint density at radius 2 is 2.12 bits per heavy atom. The normalized spacial score (nSPS) is 20.2. The Bertz CT molecular complexity index is 309. The summed E-state index contributed by atoms with van der Waals surface area (Å²) in [6.45, 7) is 2.33. The van der Waals surface area contributed by atoms with Gasteiger partial charge in [-0.15, -0.1) is 0 Å². The second-order valence-corrected chi connectivity index (χ2v) is 4.58. The lowest BCUT2D eigenvalue weighted by Gasteiger charge is -2.13. The van der Waals surface area contributed by atoms with Crippen LogP contribution in [0.1, 0.15) is 18.4 Å². The van der Waals surface area contributed by atoms with Crippen LogP contribution >= 0.6 is 0 Å². The third kappa shape index (κ3) is 4.86. The zero-order valence-electron chi connectivity index (χ0n) is 10.0. The van der Waals surface area contributed by atoms with Crippen molar-refractivity contribution in [3.63, 3.8) is 0 Å². The van der Waals surface area contributed by atoms with E-state index in [1.165, 1.54) is 5.56 Å². The molecule has 0 spiro atoms. The first-order chi connectivity index (χ1) is 8.38. The van der Waals surface area contributed by atoms with Gasteiger partial charge in [-0.1, -0.05) is 30.3 Å². The van der Waals surface area contributed by atoms with Gasteiger partial charge in [0.1, 0.15) is 0 Å². The Labute approximate surface area is 102 Å². The number of rotatable bonds is 8. The van der Waals surface area contributed by atoms with E-state index in [1.54, 1.807) is 0 Å². The molecule has 1 fully saturated rings. The van der Waals surface area contributed by atoms with Gasteiger partial charge in [-0.3, -0.25) is 0 Å². The molecular weight excluding hydrogens is 216 g/mol. The first-order valence-corrected chi connectivity index (χ1v) is 6.22. The molecule has 1 aromatic rings. The van der Waals surface area contributed by atoms with Gasteiger partial charge < -0.3 is 14.6 Å². The molecule has 0 bridgehead atoms. The molecule has 0 aromatic heterocycles. The minimum Gasteiger partial charge on any atom is -0.396 e. The van der Waals surface area contributed by atoms with Gasteiger partial charge >= 0.3 is 0 Å². The molecule has 1 aromatic carbocycles. The van der Waals surface area contributed by atoms with E-state index in [9.17, 15) is 5.11 Å². The summed E-state index contributed by atoms with van der Waals surface area (Å²) in [5.74, 6) is 0.239. The molecule has 2 rings (SSSR count). The molecule has 0 unspecified atom stereocenters. The number of epoxide rings is 1. The number of aliphatic hydroxyl groups excluding tert-OH is 1. The predicted octanol–water partition coefficient (Wildman–Crippen LogP) is 1.99. The molecular formula is C14H20O3. The van der Waals surface area contributed by atoms with Crippen LogP contribution in [0.2, 0.25) is 0 Å². The fourth-order valence-electron chi connectivity index (χ4n) is 1.80. The average Bonchev–Trinajstić information content (AvgIpc) is 3.19. The van der Waals surface area contributed by atoms with Crippen molar-refractivity contribution in [2.24, 2.45) is 5.92 Å². The second-order valence-electron chi connectivity index (χ2n) is 4.58. The van der Waals surface area contributed by atoms with Crippen molar-refractivity contribution >= 4 is 0 Å². The monoisotopic (exact) mass is 236 g/mol. The molecule has 94 valence electrons. The van der Waals surface area contributed by atoms with Crippen molar-refractivity contribution in [1.29, 1.82) is 0 Å². The summed E-state index contributed by atoms with van der Waals surface area (Å²) in [7, 11) is 0. The second kappa shape index (κ2) is 6.74. The van der Waals surface area contributed by atoms with E-state index < -0.39 is 0 Å². The van der Waals surface area contributed by atoms with E-state index >= 15 is 0 Å². The van der Waals surface area contributed by atoms with Gasteiger partial charge in [-0.05, 0) is 18.4 Å². The highest BCUT2D eigenvalue weighted by Crippen LogP contribution is 2.19. The molecule has 1 N–H and O–H groups in total. The minimum atomic E-state index is 0.196. The van der Waals surface area contributed by atoms with Crippen LogP contribution in [-0.2, 0) is 16.1 Å². The fourth-order valence-corrected chi connectivity index (χ4v) is 1.80. The van der Waals surface area contributed by atoms with Crippen molar-refractivity contribution in [2.75, 3.05) is 19.8 Å².